The molecule has 3 N–H and O–H groups in total. The molecule has 0 atom stereocenters. The first-order valence-corrected chi connectivity index (χ1v) is 7.90. The number of aliphatic imine (C=N–C) groups is 1. The van der Waals surface area contributed by atoms with Crippen molar-refractivity contribution in [3.63, 3.8) is 0 Å². The second kappa shape index (κ2) is 11.4. The molecular weight excluding hydrogens is 447 g/mol. The largest absolute Gasteiger partial charge is 0.493 e. The fraction of sp³-hybridized carbons (Fsp3) is 0.333. The van der Waals surface area contributed by atoms with E-state index >= 15 is 0 Å². The highest BCUT2D eigenvalue weighted by molar-refractivity contribution is 14.0. The molecule has 2 aromatic rings. The van der Waals surface area contributed by atoms with Gasteiger partial charge < -0.3 is 25.3 Å². The third-order valence-electron chi connectivity index (χ3n) is 3.57. The first-order valence-electron chi connectivity index (χ1n) is 7.90. The Morgan fingerprint density at radius 1 is 1.12 bits per heavy atom. The fourth-order valence-corrected chi connectivity index (χ4v) is 2.32. The highest BCUT2D eigenvalue weighted by Crippen LogP contribution is 2.38. The van der Waals surface area contributed by atoms with Gasteiger partial charge in [0, 0.05) is 24.9 Å². The Morgan fingerprint density at radius 2 is 1.81 bits per heavy atom. The second-order valence-corrected chi connectivity index (χ2v) is 5.23. The Bertz CT molecular complexity index is 686. The Hall–Kier alpha value is -2.23. The van der Waals surface area contributed by atoms with Gasteiger partial charge in [0.2, 0.25) is 5.75 Å². The van der Waals surface area contributed by atoms with Gasteiger partial charge in [-0.2, -0.15) is 0 Å². The summed E-state index contributed by atoms with van der Waals surface area (Å²) in [5.41, 5.74) is 7.83. The van der Waals surface area contributed by atoms with Crippen molar-refractivity contribution in [3.8, 4) is 17.2 Å². The molecule has 0 fully saturated rings. The molecule has 0 saturated heterocycles. The second-order valence-electron chi connectivity index (χ2n) is 5.23. The summed E-state index contributed by atoms with van der Waals surface area (Å²) in [5, 5.41) is 3.08. The van der Waals surface area contributed by atoms with Crippen LogP contribution in [0.2, 0.25) is 0 Å². The number of halogens is 1. The van der Waals surface area contributed by atoms with E-state index in [9.17, 15) is 0 Å². The van der Waals surface area contributed by atoms with Crippen molar-refractivity contribution in [1.82, 2.24) is 10.3 Å². The summed E-state index contributed by atoms with van der Waals surface area (Å²) in [7, 11) is 4.73. The highest BCUT2D eigenvalue weighted by Gasteiger charge is 2.12. The van der Waals surface area contributed by atoms with Crippen LogP contribution < -0.4 is 25.3 Å². The molecule has 0 amide bonds. The lowest BCUT2D eigenvalue weighted by Crippen LogP contribution is -2.33. The molecular formula is C18H25IN4O3. The maximum absolute atomic E-state index is 5.91. The Morgan fingerprint density at radius 3 is 2.35 bits per heavy atom. The minimum atomic E-state index is 0. The molecule has 0 saturated carbocycles. The van der Waals surface area contributed by atoms with Crippen molar-refractivity contribution in [2.24, 2.45) is 10.7 Å². The number of ether oxygens (including phenoxy) is 3. The first-order chi connectivity index (χ1) is 12.2. The molecule has 1 aromatic heterocycles. The van der Waals surface area contributed by atoms with E-state index in [0.29, 0.717) is 36.3 Å². The van der Waals surface area contributed by atoms with Gasteiger partial charge in [0.15, 0.2) is 17.5 Å². The number of benzene rings is 1. The summed E-state index contributed by atoms with van der Waals surface area (Å²) >= 11 is 0. The number of guanidine groups is 1. The lowest BCUT2D eigenvalue weighted by atomic mass is 10.2. The maximum Gasteiger partial charge on any atom is 0.203 e. The van der Waals surface area contributed by atoms with Gasteiger partial charge >= 0.3 is 0 Å². The molecule has 0 unspecified atom stereocenters. The molecule has 1 aromatic carbocycles. The third kappa shape index (κ3) is 6.25. The van der Waals surface area contributed by atoms with Crippen LogP contribution >= 0.6 is 24.0 Å². The average molecular weight is 472 g/mol. The van der Waals surface area contributed by atoms with Gasteiger partial charge in [-0.05, 0) is 29.8 Å². The van der Waals surface area contributed by atoms with Crippen LogP contribution in [-0.4, -0.2) is 38.8 Å². The van der Waals surface area contributed by atoms with Crippen molar-refractivity contribution in [1.29, 1.82) is 0 Å². The molecule has 0 aliphatic rings. The van der Waals surface area contributed by atoms with Gasteiger partial charge in [0.25, 0.3) is 0 Å². The van der Waals surface area contributed by atoms with Crippen molar-refractivity contribution >= 4 is 29.9 Å². The normalized spacial score (nSPS) is 10.7. The predicted molar refractivity (Wildman–Crippen MR) is 113 cm³/mol. The minimum absolute atomic E-state index is 0. The zero-order chi connectivity index (χ0) is 18.1. The first kappa shape index (κ1) is 21.8. The summed E-state index contributed by atoms with van der Waals surface area (Å²) < 4.78 is 16.0. The van der Waals surface area contributed by atoms with Crippen LogP contribution in [0.4, 0.5) is 0 Å². The van der Waals surface area contributed by atoms with E-state index in [1.54, 1.807) is 27.5 Å². The summed E-state index contributed by atoms with van der Waals surface area (Å²) in [4.78, 5) is 8.61. The van der Waals surface area contributed by atoms with E-state index in [4.69, 9.17) is 19.9 Å². The Labute approximate surface area is 171 Å². The molecule has 0 spiro atoms. The lowest BCUT2D eigenvalue weighted by Gasteiger charge is -2.13. The molecule has 0 radical (unpaired) electrons. The van der Waals surface area contributed by atoms with Crippen LogP contribution in [0, 0.1) is 0 Å². The molecule has 8 heteroatoms. The number of nitrogens with one attached hydrogen (secondary N) is 1. The zero-order valence-electron chi connectivity index (χ0n) is 15.2. The van der Waals surface area contributed by atoms with E-state index in [-0.39, 0.29) is 24.0 Å². The van der Waals surface area contributed by atoms with Crippen molar-refractivity contribution in [3.05, 3.63) is 47.8 Å². The molecule has 0 aliphatic heterocycles. The number of nitrogens with zero attached hydrogens (tertiary/aromatic N) is 2. The highest BCUT2D eigenvalue weighted by atomic mass is 127. The quantitative estimate of drug-likeness (QED) is 0.349. The van der Waals surface area contributed by atoms with E-state index in [1.165, 1.54) is 0 Å². The summed E-state index contributed by atoms with van der Waals surface area (Å²) in [6.07, 6.45) is 2.55. The topological polar surface area (TPSA) is 91.0 Å². The SMILES string of the molecule is COc1cc(CN=C(N)NCCc2ccccn2)cc(OC)c1OC.I. The standard InChI is InChI=1S/C18H24N4O3.HI/c1-23-15-10-13(11-16(24-2)17(15)25-3)12-22-18(19)21-9-7-14-6-4-5-8-20-14;/h4-6,8,10-11H,7,9,12H2,1-3H3,(H3,19,21,22);1H. The van der Waals surface area contributed by atoms with Crippen LogP contribution in [0.3, 0.4) is 0 Å². The number of rotatable bonds is 8. The monoisotopic (exact) mass is 472 g/mol. The Balaban J connectivity index is 0.00000338. The smallest absolute Gasteiger partial charge is 0.203 e. The lowest BCUT2D eigenvalue weighted by molar-refractivity contribution is 0.324. The van der Waals surface area contributed by atoms with Crippen LogP contribution in [0.1, 0.15) is 11.3 Å². The van der Waals surface area contributed by atoms with Gasteiger partial charge in [0.05, 0.1) is 27.9 Å². The van der Waals surface area contributed by atoms with Gasteiger partial charge in [-0.25, -0.2) is 4.99 Å². The molecule has 1 heterocycles. The summed E-state index contributed by atoms with van der Waals surface area (Å²) in [6, 6.07) is 9.54. The van der Waals surface area contributed by atoms with E-state index < -0.39 is 0 Å². The van der Waals surface area contributed by atoms with Crippen LogP contribution in [0.25, 0.3) is 0 Å². The predicted octanol–water partition coefficient (Wildman–Crippen LogP) is 2.37. The minimum Gasteiger partial charge on any atom is -0.493 e. The number of nitrogens with two attached hydrogens (primary N) is 1. The molecule has 142 valence electrons. The molecule has 7 nitrogen and oxygen atoms in total. The van der Waals surface area contributed by atoms with Gasteiger partial charge in [-0.1, -0.05) is 6.07 Å². The van der Waals surface area contributed by atoms with Crippen molar-refractivity contribution in [2.75, 3.05) is 27.9 Å². The number of aromatic nitrogens is 1. The van der Waals surface area contributed by atoms with Gasteiger partial charge in [-0.15, -0.1) is 24.0 Å². The fourth-order valence-electron chi connectivity index (χ4n) is 2.32. The Kier molecular flexibility index (Phi) is 9.56. The molecule has 2 rings (SSSR count). The molecule has 26 heavy (non-hydrogen) atoms. The van der Waals surface area contributed by atoms with Crippen molar-refractivity contribution < 1.29 is 14.2 Å². The van der Waals surface area contributed by atoms with E-state index in [0.717, 1.165) is 17.7 Å². The molecule has 0 bridgehead atoms. The van der Waals surface area contributed by atoms with Crippen LogP contribution in [0.15, 0.2) is 41.5 Å². The number of methoxy groups -OCH3 is 3. The number of pyridine rings is 1. The zero-order valence-corrected chi connectivity index (χ0v) is 17.5. The summed E-state index contributed by atoms with van der Waals surface area (Å²) in [5.74, 6) is 2.12. The van der Waals surface area contributed by atoms with Gasteiger partial charge in [-0.3, -0.25) is 4.98 Å². The maximum atomic E-state index is 5.91. The number of hydrogen-bond donors (Lipinski definition) is 2. The van der Waals surface area contributed by atoms with Crippen molar-refractivity contribution in [2.45, 2.75) is 13.0 Å². The molecule has 0 aliphatic carbocycles. The third-order valence-corrected chi connectivity index (χ3v) is 3.57. The average Bonchev–Trinajstić information content (AvgIpc) is 2.66. The van der Waals surface area contributed by atoms with E-state index in [1.807, 2.05) is 30.3 Å². The van der Waals surface area contributed by atoms with Gasteiger partial charge in [0.1, 0.15) is 0 Å². The van der Waals surface area contributed by atoms with Crippen LogP contribution in [-0.2, 0) is 13.0 Å². The summed E-state index contributed by atoms with van der Waals surface area (Å²) in [6.45, 7) is 1.07. The van der Waals surface area contributed by atoms with E-state index in [2.05, 4.69) is 15.3 Å². The number of hydrogen-bond acceptors (Lipinski definition) is 5. The van der Waals surface area contributed by atoms with Crippen LogP contribution in [0.5, 0.6) is 17.2 Å².